The third kappa shape index (κ3) is 7.29. The molecular weight excluding hydrogens is 204 g/mol. The molecule has 0 spiro atoms. The number of nitrogens with two attached hydrogens (primary N) is 1. The predicted molar refractivity (Wildman–Crippen MR) is 66.2 cm³/mol. The second-order valence-corrected chi connectivity index (χ2v) is 5.08. The van der Waals surface area contributed by atoms with Crippen LogP contribution in [0.2, 0.25) is 0 Å². The Morgan fingerprint density at radius 2 is 2.00 bits per heavy atom. The number of hydrogen-bond acceptors (Lipinski definition) is 3. The first-order valence-corrected chi connectivity index (χ1v) is 5.62. The summed E-state index contributed by atoms with van der Waals surface area (Å²) in [6.45, 7) is 10.1. The lowest BCUT2D eigenvalue weighted by Crippen LogP contribution is -2.40. The highest BCUT2D eigenvalue weighted by molar-refractivity contribution is 5.68. The van der Waals surface area contributed by atoms with Gasteiger partial charge in [0.15, 0.2) is 0 Å². The standard InChI is InChI=1S/C12H24N2O2/c1-9(2)10(7-6-8-13)14-11(15)16-12(3,4)5/h6-7,9-10H,8,13H2,1-5H3,(H,14,15)/b7-6+. The predicted octanol–water partition coefficient (Wildman–Crippen LogP) is 2.05. The Balaban J connectivity index is 4.30. The number of ether oxygens (including phenoxy) is 1. The molecule has 0 heterocycles. The van der Waals surface area contributed by atoms with Crippen molar-refractivity contribution >= 4 is 6.09 Å². The Kier molecular flexibility index (Phi) is 6.11. The quantitative estimate of drug-likeness (QED) is 0.724. The van der Waals surface area contributed by atoms with Gasteiger partial charge in [0.05, 0.1) is 6.04 Å². The van der Waals surface area contributed by atoms with Gasteiger partial charge in [0, 0.05) is 6.54 Å². The number of carbonyl (C=O) groups is 1. The minimum Gasteiger partial charge on any atom is -0.444 e. The van der Waals surface area contributed by atoms with Crippen molar-refractivity contribution in [2.75, 3.05) is 6.54 Å². The van der Waals surface area contributed by atoms with Crippen LogP contribution in [0.4, 0.5) is 4.79 Å². The van der Waals surface area contributed by atoms with Crippen molar-refractivity contribution in [2.24, 2.45) is 11.7 Å². The van der Waals surface area contributed by atoms with E-state index in [2.05, 4.69) is 5.32 Å². The lowest BCUT2D eigenvalue weighted by molar-refractivity contribution is 0.0504. The topological polar surface area (TPSA) is 64.3 Å². The van der Waals surface area contributed by atoms with Gasteiger partial charge >= 0.3 is 6.09 Å². The second kappa shape index (κ2) is 6.53. The van der Waals surface area contributed by atoms with Crippen LogP contribution in [0.25, 0.3) is 0 Å². The molecule has 0 rings (SSSR count). The summed E-state index contributed by atoms with van der Waals surface area (Å²) in [7, 11) is 0. The van der Waals surface area contributed by atoms with E-state index in [1.807, 2.05) is 46.8 Å². The molecule has 0 aromatic heterocycles. The van der Waals surface area contributed by atoms with Crippen LogP contribution in [-0.2, 0) is 4.74 Å². The van der Waals surface area contributed by atoms with E-state index in [0.717, 1.165) is 0 Å². The minimum absolute atomic E-state index is 0.0431. The Bertz CT molecular complexity index is 242. The van der Waals surface area contributed by atoms with Crippen LogP contribution in [-0.4, -0.2) is 24.3 Å². The molecule has 0 radical (unpaired) electrons. The van der Waals surface area contributed by atoms with Crippen molar-refractivity contribution in [3.8, 4) is 0 Å². The van der Waals surface area contributed by atoms with Gasteiger partial charge in [0.1, 0.15) is 5.60 Å². The van der Waals surface area contributed by atoms with Crippen LogP contribution in [0.1, 0.15) is 34.6 Å². The molecule has 1 atom stereocenters. The van der Waals surface area contributed by atoms with Crippen molar-refractivity contribution < 1.29 is 9.53 Å². The van der Waals surface area contributed by atoms with E-state index < -0.39 is 11.7 Å². The van der Waals surface area contributed by atoms with Gasteiger partial charge < -0.3 is 15.8 Å². The van der Waals surface area contributed by atoms with E-state index in [1.54, 1.807) is 0 Å². The molecule has 16 heavy (non-hydrogen) atoms. The summed E-state index contributed by atoms with van der Waals surface area (Å²) in [5.41, 5.74) is 4.91. The molecular formula is C12H24N2O2. The lowest BCUT2D eigenvalue weighted by Gasteiger charge is -2.24. The maximum Gasteiger partial charge on any atom is 0.408 e. The molecule has 0 aliphatic rings. The number of carbonyl (C=O) groups excluding carboxylic acids is 1. The molecule has 3 N–H and O–H groups in total. The Labute approximate surface area is 98.2 Å². The van der Waals surface area contributed by atoms with Crippen molar-refractivity contribution in [3.63, 3.8) is 0 Å². The fourth-order valence-corrected chi connectivity index (χ4v) is 1.11. The first-order valence-electron chi connectivity index (χ1n) is 5.62. The average Bonchev–Trinajstić information content (AvgIpc) is 2.08. The van der Waals surface area contributed by atoms with E-state index in [-0.39, 0.29) is 6.04 Å². The van der Waals surface area contributed by atoms with Gasteiger partial charge in [0.25, 0.3) is 0 Å². The largest absolute Gasteiger partial charge is 0.444 e. The monoisotopic (exact) mass is 228 g/mol. The first-order chi connectivity index (χ1) is 7.26. The molecule has 1 unspecified atom stereocenters. The highest BCUT2D eigenvalue weighted by atomic mass is 16.6. The summed E-state index contributed by atoms with van der Waals surface area (Å²) in [4.78, 5) is 11.5. The molecule has 4 nitrogen and oxygen atoms in total. The third-order valence-electron chi connectivity index (χ3n) is 1.88. The SMILES string of the molecule is CC(C)C(/C=C/CN)NC(=O)OC(C)(C)C. The van der Waals surface area contributed by atoms with Gasteiger partial charge in [-0.1, -0.05) is 26.0 Å². The van der Waals surface area contributed by atoms with Gasteiger partial charge in [-0.05, 0) is 26.7 Å². The average molecular weight is 228 g/mol. The highest BCUT2D eigenvalue weighted by Crippen LogP contribution is 2.09. The fourth-order valence-electron chi connectivity index (χ4n) is 1.11. The number of rotatable bonds is 4. The summed E-state index contributed by atoms with van der Waals surface area (Å²) in [5.74, 6) is 0.301. The molecule has 0 aromatic rings. The molecule has 0 aromatic carbocycles. The first kappa shape index (κ1) is 15.0. The third-order valence-corrected chi connectivity index (χ3v) is 1.88. The van der Waals surface area contributed by atoms with Crippen LogP contribution >= 0.6 is 0 Å². The number of hydrogen-bond donors (Lipinski definition) is 2. The Hall–Kier alpha value is -1.03. The van der Waals surface area contributed by atoms with E-state index in [1.165, 1.54) is 0 Å². The van der Waals surface area contributed by atoms with Crippen LogP contribution in [0, 0.1) is 5.92 Å². The summed E-state index contributed by atoms with van der Waals surface area (Å²) in [6.07, 6.45) is 3.34. The molecule has 0 aliphatic heterocycles. The van der Waals surface area contributed by atoms with Crippen molar-refractivity contribution in [1.29, 1.82) is 0 Å². The van der Waals surface area contributed by atoms with E-state index in [4.69, 9.17) is 10.5 Å². The molecule has 0 aliphatic carbocycles. The van der Waals surface area contributed by atoms with E-state index >= 15 is 0 Å². The van der Waals surface area contributed by atoms with Crippen LogP contribution in [0.15, 0.2) is 12.2 Å². The van der Waals surface area contributed by atoms with E-state index in [0.29, 0.717) is 12.5 Å². The maximum absolute atomic E-state index is 11.5. The Morgan fingerprint density at radius 1 is 1.44 bits per heavy atom. The Morgan fingerprint density at radius 3 is 2.38 bits per heavy atom. The molecule has 0 saturated heterocycles. The summed E-state index contributed by atoms with van der Waals surface area (Å²) >= 11 is 0. The molecule has 4 heteroatoms. The number of nitrogens with one attached hydrogen (secondary N) is 1. The summed E-state index contributed by atoms with van der Waals surface area (Å²) in [6, 6.07) is -0.0431. The molecule has 0 saturated carbocycles. The van der Waals surface area contributed by atoms with Gasteiger partial charge in [-0.2, -0.15) is 0 Å². The van der Waals surface area contributed by atoms with Gasteiger partial charge in [-0.25, -0.2) is 4.79 Å². The fraction of sp³-hybridized carbons (Fsp3) is 0.750. The minimum atomic E-state index is -0.469. The zero-order chi connectivity index (χ0) is 12.8. The van der Waals surface area contributed by atoms with E-state index in [9.17, 15) is 4.79 Å². The maximum atomic E-state index is 11.5. The lowest BCUT2D eigenvalue weighted by atomic mass is 10.0. The number of amides is 1. The van der Waals surface area contributed by atoms with Crippen LogP contribution in [0.3, 0.4) is 0 Å². The summed E-state index contributed by atoms with van der Waals surface area (Å²) in [5, 5.41) is 2.80. The number of alkyl carbamates (subject to hydrolysis) is 1. The molecule has 0 fully saturated rings. The molecule has 94 valence electrons. The van der Waals surface area contributed by atoms with Crippen molar-refractivity contribution in [2.45, 2.75) is 46.3 Å². The normalized spacial score (nSPS) is 14.2. The van der Waals surface area contributed by atoms with Crippen molar-refractivity contribution in [1.82, 2.24) is 5.32 Å². The van der Waals surface area contributed by atoms with Crippen molar-refractivity contribution in [3.05, 3.63) is 12.2 Å². The van der Waals surface area contributed by atoms with Crippen LogP contribution < -0.4 is 11.1 Å². The van der Waals surface area contributed by atoms with Crippen LogP contribution in [0.5, 0.6) is 0 Å². The molecule has 1 amide bonds. The van der Waals surface area contributed by atoms with Gasteiger partial charge in [-0.3, -0.25) is 0 Å². The zero-order valence-electron chi connectivity index (χ0n) is 10.9. The second-order valence-electron chi connectivity index (χ2n) is 5.08. The highest BCUT2D eigenvalue weighted by Gasteiger charge is 2.19. The zero-order valence-corrected chi connectivity index (χ0v) is 10.9. The van der Waals surface area contributed by atoms with Gasteiger partial charge in [-0.15, -0.1) is 0 Å². The van der Waals surface area contributed by atoms with Gasteiger partial charge in [0.2, 0.25) is 0 Å². The summed E-state index contributed by atoms with van der Waals surface area (Å²) < 4.78 is 5.18. The smallest absolute Gasteiger partial charge is 0.408 e. The molecule has 0 bridgehead atoms.